The highest BCUT2D eigenvalue weighted by atomic mass is 15.2. The number of piperidine rings is 2. The van der Waals surface area contributed by atoms with Gasteiger partial charge in [-0.05, 0) is 56.2 Å². The Bertz CT molecular complexity index is 426. The van der Waals surface area contributed by atoms with Gasteiger partial charge in [0.05, 0.1) is 0 Å². The number of benzene rings is 1. The Morgan fingerprint density at radius 1 is 0.955 bits per heavy atom. The van der Waals surface area contributed by atoms with Crippen LogP contribution in [0.25, 0.3) is 0 Å². The highest BCUT2D eigenvalue weighted by Crippen LogP contribution is 2.26. The molecule has 2 heteroatoms. The van der Waals surface area contributed by atoms with Crippen LogP contribution in [0, 0.1) is 11.8 Å². The molecule has 0 saturated carbocycles. The van der Waals surface area contributed by atoms with Crippen molar-refractivity contribution < 1.29 is 0 Å². The van der Waals surface area contributed by atoms with Crippen LogP contribution in [0.5, 0.6) is 0 Å². The van der Waals surface area contributed by atoms with Crippen LogP contribution in [0.1, 0.15) is 38.7 Å². The minimum absolute atomic E-state index is 0.846. The first-order valence-corrected chi connectivity index (χ1v) is 9.21. The lowest BCUT2D eigenvalue weighted by atomic mass is 9.89. The molecule has 0 spiro atoms. The summed E-state index contributed by atoms with van der Waals surface area (Å²) in [6, 6.07) is 11.8. The first-order valence-electron chi connectivity index (χ1n) is 9.21. The summed E-state index contributed by atoms with van der Waals surface area (Å²) >= 11 is 0. The topological polar surface area (TPSA) is 6.48 Å². The van der Waals surface area contributed by atoms with E-state index in [1.165, 1.54) is 64.0 Å². The summed E-state index contributed by atoms with van der Waals surface area (Å²) in [7, 11) is 0. The minimum Gasteiger partial charge on any atom is -0.303 e. The van der Waals surface area contributed by atoms with Crippen LogP contribution >= 0.6 is 0 Å². The van der Waals surface area contributed by atoms with Gasteiger partial charge in [-0.1, -0.05) is 44.2 Å². The molecule has 122 valence electrons. The van der Waals surface area contributed by atoms with Crippen molar-refractivity contribution in [1.29, 1.82) is 0 Å². The van der Waals surface area contributed by atoms with Crippen molar-refractivity contribution in [3.05, 3.63) is 35.9 Å². The van der Waals surface area contributed by atoms with Crippen molar-refractivity contribution in [2.24, 2.45) is 11.8 Å². The predicted molar refractivity (Wildman–Crippen MR) is 94.1 cm³/mol. The summed E-state index contributed by atoms with van der Waals surface area (Å²) < 4.78 is 0. The Morgan fingerprint density at radius 2 is 1.59 bits per heavy atom. The van der Waals surface area contributed by atoms with Crippen LogP contribution in [0.4, 0.5) is 0 Å². The molecule has 0 amide bonds. The Morgan fingerprint density at radius 3 is 2.23 bits per heavy atom. The van der Waals surface area contributed by atoms with Gasteiger partial charge in [-0.25, -0.2) is 0 Å². The number of rotatable bonds is 4. The number of hydrogen-bond acceptors (Lipinski definition) is 2. The molecule has 2 fully saturated rings. The van der Waals surface area contributed by atoms with Gasteiger partial charge in [0.15, 0.2) is 0 Å². The molecule has 2 aliphatic rings. The third-order valence-corrected chi connectivity index (χ3v) is 5.53. The molecule has 0 aliphatic carbocycles. The Kier molecular flexibility index (Phi) is 5.54. The molecule has 2 heterocycles. The molecule has 2 aliphatic heterocycles. The SMILES string of the molecule is C[C@H]1C[C@H](C)CN(C2CCN(CCc3ccccc3)CC2)C1. The molecule has 0 aromatic heterocycles. The average Bonchev–Trinajstić information content (AvgIpc) is 2.53. The zero-order valence-corrected chi connectivity index (χ0v) is 14.4. The average molecular weight is 300 g/mol. The van der Waals surface area contributed by atoms with E-state index in [1.807, 2.05) is 0 Å². The van der Waals surface area contributed by atoms with Crippen molar-refractivity contribution in [3.63, 3.8) is 0 Å². The molecule has 3 rings (SSSR count). The molecule has 22 heavy (non-hydrogen) atoms. The molecule has 2 atom stereocenters. The largest absolute Gasteiger partial charge is 0.303 e. The van der Waals surface area contributed by atoms with E-state index in [4.69, 9.17) is 0 Å². The highest BCUT2D eigenvalue weighted by molar-refractivity contribution is 5.14. The van der Waals surface area contributed by atoms with Gasteiger partial charge in [0.25, 0.3) is 0 Å². The van der Waals surface area contributed by atoms with Crippen LogP contribution in [-0.4, -0.2) is 48.6 Å². The van der Waals surface area contributed by atoms with Gasteiger partial charge in [-0.2, -0.15) is 0 Å². The number of hydrogen-bond donors (Lipinski definition) is 0. The van der Waals surface area contributed by atoms with Gasteiger partial charge in [-0.3, -0.25) is 4.90 Å². The maximum Gasteiger partial charge on any atom is 0.0120 e. The van der Waals surface area contributed by atoms with Gasteiger partial charge in [0.1, 0.15) is 0 Å². The maximum absolute atomic E-state index is 2.80. The summed E-state index contributed by atoms with van der Waals surface area (Å²) in [5, 5.41) is 0. The third-order valence-electron chi connectivity index (χ3n) is 5.53. The van der Waals surface area contributed by atoms with Crippen LogP contribution in [-0.2, 0) is 6.42 Å². The van der Waals surface area contributed by atoms with Crippen molar-refractivity contribution in [2.75, 3.05) is 32.7 Å². The van der Waals surface area contributed by atoms with Crippen LogP contribution in [0.3, 0.4) is 0 Å². The van der Waals surface area contributed by atoms with Gasteiger partial charge >= 0.3 is 0 Å². The highest BCUT2D eigenvalue weighted by Gasteiger charge is 2.29. The number of nitrogens with zero attached hydrogens (tertiary/aromatic N) is 2. The van der Waals surface area contributed by atoms with Gasteiger partial charge in [-0.15, -0.1) is 0 Å². The first-order chi connectivity index (χ1) is 10.7. The summed E-state index contributed by atoms with van der Waals surface area (Å²) in [4.78, 5) is 5.47. The third kappa shape index (κ3) is 4.33. The lowest BCUT2D eigenvalue weighted by Crippen LogP contribution is -2.50. The van der Waals surface area contributed by atoms with E-state index in [0.29, 0.717) is 0 Å². The summed E-state index contributed by atoms with van der Waals surface area (Å²) in [5.74, 6) is 1.78. The minimum atomic E-state index is 0.846. The van der Waals surface area contributed by atoms with Gasteiger partial charge in [0.2, 0.25) is 0 Å². The van der Waals surface area contributed by atoms with E-state index in [2.05, 4.69) is 54.0 Å². The second-order valence-electron chi connectivity index (χ2n) is 7.71. The molecule has 0 N–H and O–H groups in total. The van der Waals surface area contributed by atoms with Crippen LogP contribution in [0.2, 0.25) is 0 Å². The standard InChI is InChI=1S/C20H32N2/c1-17-14-18(2)16-22(15-17)20-9-12-21(13-10-20)11-8-19-6-4-3-5-7-19/h3-7,17-18,20H,8-16H2,1-2H3/t17-,18-/m0/s1. The van der Waals surface area contributed by atoms with Crippen molar-refractivity contribution >= 4 is 0 Å². The first kappa shape index (κ1) is 16.0. The lowest BCUT2D eigenvalue weighted by Gasteiger charge is -2.43. The second kappa shape index (κ2) is 7.61. The molecule has 1 aromatic carbocycles. The summed E-state index contributed by atoms with van der Waals surface area (Å²) in [6.07, 6.45) is 5.36. The summed E-state index contributed by atoms with van der Waals surface area (Å²) in [5.41, 5.74) is 1.48. The van der Waals surface area contributed by atoms with E-state index >= 15 is 0 Å². The fourth-order valence-corrected chi connectivity index (χ4v) is 4.45. The monoisotopic (exact) mass is 300 g/mol. The molecule has 2 saturated heterocycles. The fourth-order valence-electron chi connectivity index (χ4n) is 4.45. The van der Waals surface area contributed by atoms with E-state index in [9.17, 15) is 0 Å². The normalized spacial score (nSPS) is 28.8. The number of likely N-dealkylation sites (tertiary alicyclic amines) is 2. The van der Waals surface area contributed by atoms with Crippen molar-refractivity contribution in [2.45, 2.75) is 45.6 Å². The van der Waals surface area contributed by atoms with Gasteiger partial charge < -0.3 is 4.90 Å². The van der Waals surface area contributed by atoms with E-state index < -0.39 is 0 Å². The van der Waals surface area contributed by atoms with Gasteiger partial charge in [0, 0.05) is 25.7 Å². The predicted octanol–water partition coefficient (Wildman–Crippen LogP) is 3.67. The fraction of sp³-hybridized carbons (Fsp3) is 0.700. The van der Waals surface area contributed by atoms with Crippen molar-refractivity contribution in [3.8, 4) is 0 Å². The second-order valence-corrected chi connectivity index (χ2v) is 7.71. The molecule has 2 nitrogen and oxygen atoms in total. The van der Waals surface area contributed by atoms with Crippen LogP contribution < -0.4 is 0 Å². The Balaban J connectivity index is 1.42. The quantitative estimate of drug-likeness (QED) is 0.837. The smallest absolute Gasteiger partial charge is 0.0120 e. The Hall–Kier alpha value is -0.860. The molecule has 1 aromatic rings. The van der Waals surface area contributed by atoms with E-state index in [0.717, 1.165) is 17.9 Å². The molecule has 0 unspecified atom stereocenters. The molecular weight excluding hydrogens is 268 g/mol. The Labute approximate surface area is 136 Å². The molecule has 0 bridgehead atoms. The summed E-state index contributed by atoms with van der Waals surface area (Å²) in [6.45, 7) is 11.3. The van der Waals surface area contributed by atoms with Crippen molar-refractivity contribution in [1.82, 2.24) is 9.80 Å². The molecule has 0 radical (unpaired) electrons. The van der Waals surface area contributed by atoms with E-state index in [-0.39, 0.29) is 0 Å². The lowest BCUT2D eigenvalue weighted by molar-refractivity contribution is 0.0550. The molecular formula is C20H32N2. The maximum atomic E-state index is 2.80. The van der Waals surface area contributed by atoms with E-state index in [1.54, 1.807) is 0 Å². The zero-order chi connectivity index (χ0) is 15.4. The van der Waals surface area contributed by atoms with Crippen LogP contribution in [0.15, 0.2) is 30.3 Å². The zero-order valence-electron chi connectivity index (χ0n) is 14.4.